The Hall–Kier alpha value is -2.11. The lowest BCUT2D eigenvalue weighted by Crippen LogP contribution is -2.41. The van der Waals surface area contributed by atoms with Gasteiger partial charge in [0.1, 0.15) is 18.6 Å². The van der Waals surface area contributed by atoms with Gasteiger partial charge in [0.2, 0.25) is 0 Å². The van der Waals surface area contributed by atoms with Crippen LogP contribution in [0.15, 0.2) is 42.5 Å². The quantitative estimate of drug-likeness (QED) is 0.574. The third-order valence-electron chi connectivity index (χ3n) is 5.55. The first-order valence-corrected chi connectivity index (χ1v) is 9.42. The fourth-order valence-corrected chi connectivity index (χ4v) is 3.24. The molecular weight excluding hydrogens is 339 g/mol. The smallest absolute Gasteiger partial charge is 0.489 e. The lowest BCUT2D eigenvalue weighted by atomic mass is 9.72. The average Bonchev–Trinajstić information content (AvgIpc) is 2.87. The highest BCUT2D eigenvalue weighted by atomic mass is 16.7. The predicted molar refractivity (Wildman–Crippen MR) is 108 cm³/mol. The third kappa shape index (κ3) is 3.80. The summed E-state index contributed by atoms with van der Waals surface area (Å²) in [4.78, 5) is 11.7. The molecule has 0 aliphatic carbocycles. The molecule has 1 aliphatic rings. The van der Waals surface area contributed by atoms with E-state index >= 15 is 0 Å². The van der Waals surface area contributed by atoms with E-state index in [-0.39, 0.29) is 0 Å². The molecule has 1 fully saturated rings. The van der Waals surface area contributed by atoms with Gasteiger partial charge in [0.25, 0.3) is 0 Å². The maximum absolute atomic E-state index is 11.7. The molecule has 2 aromatic carbocycles. The second-order valence-corrected chi connectivity index (χ2v) is 7.88. The van der Waals surface area contributed by atoms with Gasteiger partial charge in [0.05, 0.1) is 11.2 Å². The molecule has 0 unspecified atom stereocenters. The van der Waals surface area contributed by atoms with Gasteiger partial charge >= 0.3 is 7.12 Å². The van der Waals surface area contributed by atoms with Crippen molar-refractivity contribution in [2.45, 2.75) is 58.8 Å². The van der Waals surface area contributed by atoms with Crippen molar-refractivity contribution in [3.8, 4) is 5.75 Å². The number of hydrogen-bond donors (Lipinski definition) is 0. The molecule has 3 rings (SSSR count). The molecule has 0 spiro atoms. The van der Waals surface area contributed by atoms with Gasteiger partial charge in [-0.05, 0) is 62.8 Å². The van der Waals surface area contributed by atoms with E-state index in [1.54, 1.807) is 6.07 Å². The molecule has 0 atom stereocenters. The molecule has 0 bridgehead atoms. The van der Waals surface area contributed by atoms with E-state index in [9.17, 15) is 4.79 Å². The largest absolute Gasteiger partial charge is 0.495 e. The Bertz CT molecular complexity index is 799. The van der Waals surface area contributed by atoms with Crippen LogP contribution in [0.1, 0.15) is 56.1 Å². The van der Waals surface area contributed by atoms with Crippen LogP contribution in [0.5, 0.6) is 5.75 Å². The van der Waals surface area contributed by atoms with Gasteiger partial charge in [-0.25, -0.2) is 0 Å². The highest BCUT2D eigenvalue weighted by Gasteiger charge is 2.52. The van der Waals surface area contributed by atoms with Gasteiger partial charge in [-0.2, -0.15) is 0 Å². The van der Waals surface area contributed by atoms with Crippen molar-refractivity contribution >= 4 is 18.9 Å². The fraction of sp³-hybridized carbons (Fsp3) is 0.409. The highest BCUT2D eigenvalue weighted by Crippen LogP contribution is 2.37. The van der Waals surface area contributed by atoms with Crippen LogP contribution in [0.2, 0.25) is 0 Å². The van der Waals surface area contributed by atoms with Crippen molar-refractivity contribution in [1.82, 2.24) is 0 Å². The number of benzene rings is 2. The summed E-state index contributed by atoms with van der Waals surface area (Å²) in [5.74, 6) is 0.761. The van der Waals surface area contributed by atoms with Crippen molar-refractivity contribution in [3.05, 3.63) is 59.2 Å². The average molecular weight is 366 g/mol. The van der Waals surface area contributed by atoms with E-state index in [4.69, 9.17) is 14.0 Å². The molecular formula is C22H27BO4. The highest BCUT2D eigenvalue weighted by molar-refractivity contribution is 6.64. The van der Waals surface area contributed by atoms with Crippen molar-refractivity contribution in [1.29, 1.82) is 0 Å². The predicted octanol–water partition coefficient (Wildman–Crippen LogP) is 3.94. The number of carbonyl (C=O) groups excluding carboxylic acids is 1. The van der Waals surface area contributed by atoms with Crippen LogP contribution in [0.25, 0.3) is 0 Å². The lowest BCUT2D eigenvalue weighted by molar-refractivity contribution is 0.00578. The zero-order chi connectivity index (χ0) is 19.7. The zero-order valence-electron chi connectivity index (χ0n) is 16.7. The van der Waals surface area contributed by atoms with E-state index in [0.29, 0.717) is 18.6 Å². The SMILES string of the molecule is CCc1c(OCc2ccccc2)ccc(C=O)c1B1OC(C)(C)C(C)(C)O1. The molecule has 1 aliphatic heterocycles. The summed E-state index contributed by atoms with van der Waals surface area (Å²) >= 11 is 0. The number of ether oxygens (including phenoxy) is 1. The monoisotopic (exact) mass is 366 g/mol. The summed E-state index contributed by atoms with van der Waals surface area (Å²) in [5.41, 5.74) is 2.47. The first-order valence-electron chi connectivity index (χ1n) is 9.42. The van der Waals surface area contributed by atoms with Crippen molar-refractivity contribution < 1.29 is 18.8 Å². The Kier molecular flexibility index (Phi) is 5.45. The van der Waals surface area contributed by atoms with Crippen LogP contribution in [-0.2, 0) is 22.3 Å². The van der Waals surface area contributed by atoms with Crippen LogP contribution >= 0.6 is 0 Å². The first-order chi connectivity index (χ1) is 12.8. The first kappa shape index (κ1) is 19.7. The summed E-state index contributed by atoms with van der Waals surface area (Å²) in [6, 6.07) is 13.7. The topological polar surface area (TPSA) is 44.8 Å². The molecule has 142 valence electrons. The van der Waals surface area contributed by atoms with E-state index < -0.39 is 18.3 Å². The summed E-state index contributed by atoms with van der Waals surface area (Å²) in [7, 11) is -0.592. The molecule has 0 radical (unpaired) electrons. The molecule has 0 saturated carbocycles. The standard InChI is InChI=1S/C22H27BO4/c1-6-18-19(25-15-16-10-8-7-9-11-16)13-12-17(14-24)20(18)23-26-21(2,3)22(4,5)27-23/h7-14H,6,15H2,1-5H3. The van der Waals surface area contributed by atoms with Crippen molar-refractivity contribution in [2.24, 2.45) is 0 Å². The molecule has 0 aromatic heterocycles. The van der Waals surface area contributed by atoms with Crippen LogP contribution in [0, 0.1) is 0 Å². The van der Waals surface area contributed by atoms with Crippen LogP contribution in [0.4, 0.5) is 0 Å². The van der Waals surface area contributed by atoms with Gasteiger partial charge in [-0.15, -0.1) is 0 Å². The lowest BCUT2D eigenvalue weighted by Gasteiger charge is -2.32. The molecule has 27 heavy (non-hydrogen) atoms. The number of hydrogen-bond acceptors (Lipinski definition) is 4. The Morgan fingerprint density at radius 1 is 1.00 bits per heavy atom. The summed E-state index contributed by atoms with van der Waals surface area (Å²) < 4.78 is 18.5. The summed E-state index contributed by atoms with van der Waals surface area (Å²) in [5, 5.41) is 0. The van der Waals surface area contributed by atoms with Gasteiger partial charge in [0, 0.05) is 5.56 Å². The summed E-state index contributed by atoms with van der Waals surface area (Å²) in [6.07, 6.45) is 1.58. The second kappa shape index (κ2) is 7.49. The van der Waals surface area contributed by atoms with E-state index in [1.165, 1.54) is 0 Å². The minimum Gasteiger partial charge on any atom is -0.489 e. The van der Waals surface area contributed by atoms with Crippen LogP contribution in [0.3, 0.4) is 0 Å². The van der Waals surface area contributed by atoms with E-state index in [1.807, 2.05) is 71.0 Å². The van der Waals surface area contributed by atoms with E-state index in [2.05, 4.69) is 0 Å². The Labute approximate surface area is 162 Å². The minimum absolute atomic E-state index is 0.469. The summed E-state index contributed by atoms with van der Waals surface area (Å²) in [6.45, 7) is 10.6. The molecule has 0 amide bonds. The Balaban J connectivity index is 1.96. The number of aldehydes is 1. The number of carbonyl (C=O) groups is 1. The van der Waals surface area contributed by atoms with Gasteiger partial charge in [-0.3, -0.25) is 4.79 Å². The molecule has 5 heteroatoms. The van der Waals surface area contributed by atoms with Crippen LogP contribution < -0.4 is 10.2 Å². The third-order valence-corrected chi connectivity index (χ3v) is 5.55. The maximum Gasteiger partial charge on any atom is 0.495 e. The van der Waals surface area contributed by atoms with Gasteiger partial charge < -0.3 is 14.0 Å². The molecule has 4 nitrogen and oxygen atoms in total. The van der Waals surface area contributed by atoms with Crippen molar-refractivity contribution in [3.63, 3.8) is 0 Å². The van der Waals surface area contributed by atoms with Gasteiger partial charge in [0.15, 0.2) is 0 Å². The van der Waals surface area contributed by atoms with Crippen LogP contribution in [-0.4, -0.2) is 24.6 Å². The van der Waals surface area contributed by atoms with Crippen molar-refractivity contribution in [2.75, 3.05) is 0 Å². The van der Waals surface area contributed by atoms with E-state index in [0.717, 1.165) is 28.6 Å². The fourth-order valence-electron chi connectivity index (χ4n) is 3.24. The molecule has 2 aromatic rings. The minimum atomic E-state index is -0.592. The molecule has 0 N–H and O–H groups in total. The second-order valence-electron chi connectivity index (χ2n) is 7.88. The zero-order valence-corrected chi connectivity index (χ0v) is 16.7. The normalized spacial score (nSPS) is 17.7. The molecule has 1 heterocycles. The van der Waals surface area contributed by atoms with Gasteiger partial charge in [-0.1, -0.05) is 37.3 Å². The maximum atomic E-state index is 11.7. The number of rotatable bonds is 6. The Morgan fingerprint density at radius 3 is 2.19 bits per heavy atom. The molecule has 1 saturated heterocycles. The Morgan fingerprint density at radius 2 is 1.63 bits per heavy atom.